The van der Waals surface area contributed by atoms with Crippen LogP contribution in [-0.2, 0) is 4.74 Å². The molecular weight excluding hydrogens is 274 g/mol. The summed E-state index contributed by atoms with van der Waals surface area (Å²) in [7, 11) is 0. The summed E-state index contributed by atoms with van der Waals surface area (Å²) in [5, 5.41) is 12.8. The molecule has 0 saturated carbocycles. The van der Waals surface area contributed by atoms with Gasteiger partial charge in [0.25, 0.3) is 0 Å². The predicted octanol–water partition coefficient (Wildman–Crippen LogP) is 3.12. The van der Waals surface area contributed by atoms with Crippen molar-refractivity contribution in [3.63, 3.8) is 0 Å². The summed E-state index contributed by atoms with van der Waals surface area (Å²) in [6.45, 7) is 1.98. The Morgan fingerprint density at radius 1 is 1.45 bits per heavy atom. The molecule has 0 bridgehead atoms. The van der Waals surface area contributed by atoms with Gasteiger partial charge < -0.3 is 15.8 Å². The Labute approximate surface area is 120 Å². The van der Waals surface area contributed by atoms with E-state index in [1.165, 1.54) is 0 Å². The zero-order chi connectivity index (χ0) is 14.5. The molecule has 2 rings (SSSR count). The third-order valence-corrected chi connectivity index (χ3v) is 3.65. The fourth-order valence-electron chi connectivity index (χ4n) is 1.64. The second-order valence-corrected chi connectivity index (χ2v) is 4.89. The van der Waals surface area contributed by atoms with Gasteiger partial charge in [-0.1, -0.05) is 18.2 Å². The quantitative estimate of drug-likeness (QED) is 0.843. The lowest BCUT2D eigenvalue weighted by Gasteiger charge is -2.03. The summed E-state index contributed by atoms with van der Waals surface area (Å²) in [4.78, 5) is 12.0. The maximum absolute atomic E-state index is 11.8. The number of hydrogen-bond donors (Lipinski definition) is 2. The summed E-state index contributed by atoms with van der Waals surface area (Å²) >= 11 is 1.12. The van der Waals surface area contributed by atoms with E-state index in [9.17, 15) is 10.1 Å². The molecule has 5 nitrogen and oxygen atoms in total. The van der Waals surface area contributed by atoms with Gasteiger partial charge in [-0.3, -0.25) is 0 Å². The van der Waals surface area contributed by atoms with Crippen LogP contribution in [0.25, 0.3) is 0 Å². The number of carbonyl (C=O) groups is 1. The van der Waals surface area contributed by atoms with Crippen molar-refractivity contribution in [2.45, 2.75) is 6.92 Å². The molecule has 0 unspecified atom stereocenters. The van der Waals surface area contributed by atoms with E-state index in [4.69, 9.17) is 10.5 Å². The van der Waals surface area contributed by atoms with Crippen molar-refractivity contribution in [1.82, 2.24) is 0 Å². The Bertz CT molecular complexity index is 659. The van der Waals surface area contributed by atoms with Crippen LogP contribution in [0.2, 0.25) is 0 Å². The van der Waals surface area contributed by atoms with Gasteiger partial charge in [-0.15, -0.1) is 11.3 Å². The molecule has 0 saturated heterocycles. The highest BCUT2D eigenvalue weighted by atomic mass is 32.1. The molecule has 2 aromatic rings. The third kappa shape index (κ3) is 2.73. The molecule has 102 valence electrons. The molecule has 0 aliphatic heterocycles. The summed E-state index contributed by atoms with van der Waals surface area (Å²) in [5.41, 5.74) is 7.09. The van der Waals surface area contributed by atoms with Crippen molar-refractivity contribution in [2.75, 3.05) is 17.7 Å². The van der Waals surface area contributed by atoms with E-state index in [-0.39, 0.29) is 22.7 Å². The first-order valence-corrected chi connectivity index (χ1v) is 6.80. The maximum Gasteiger partial charge on any atom is 0.350 e. The van der Waals surface area contributed by atoms with Gasteiger partial charge in [0.15, 0.2) is 0 Å². The van der Waals surface area contributed by atoms with E-state index in [2.05, 4.69) is 5.32 Å². The van der Waals surface area contributed by atoms with Crippen LogP contribution in [0.4, 0.5) is 16.4 Å². The molecule has 0 amide bonds. The number of nitrogens with two attached hydrogens (primary N) is 1. The average Bonchev–Trinajstić information content (AvgIpc) is 2.76. The highest BCUT2D eigenvalue weighted by Crippen LogP contribution is 2.37. The second kappa shape index (κ2) is 6.08. The van der Waals surface area contributed by atoms with Gasteiger partial charge in [-0.2, -0.15) is 5.26 Å². The number of nitriles is 1. The molecular formula is C14H13N3O2S. The number of hydrogen-bond acceptors (Lipinski definition) is 6. The number of carbonyl (C=O) groups excluding carboxylic acids is 1. The molecule has 0 spiro atoms. The Morgan fingerprint density at radius 2 is 2.15 bits per heavy atom. The van der Waals surface area contributed by atoms with Crippen LogP contribution in [0.3, 0.4) is 0 Å². The number of esters is 1. The molecule has 1 heterocycles. The fraction of sp³-hybridized carbons (Fsp3) is 0.143. The number of para-hydroxylation sites is 1. The summed E-state index contributed by atoms with van der Waals surface area (Å²) in [6.07, 6.45) is 0. The maximum atomic E-state index is 11.8. The second-order valence-electron chi connectivity index (χ2n) is 3.87. The number of nitrogens with zero attached hydrogens (tertiary/aromatic N) is 1. The van der Waals surface area contributed by atoms with Crippen molar-refractivity contribution >= 4 is 33.7 Å². The molecule has 0 radical (unpaired) electrons. The van der Waals surface area contributed by atoms with Crippen molar-refractivity contribution < 1.29 is 9.53 Å². The Hall–Kier alpha value is -2.52. The van der Waals surface area contributed by atoms with Crippen molar-refractivity contribution in [3.05, 3.63) is 40.8 Å². The van der Waals surface area contributed by atoms with Crippen LogP contribution in [0.1, 0.15) is 22.2 Å². The number of rotatable bonds is 4. The van der Waals surface area contributed by atoms with E-state index < -0.39 is 5.97 Å². The van der Waals surface area contributed by atoms with Crippen LogP contribution in [0.5, 0.6) is 0 Å². The Balaban J connectivity index is 2.37. The van der Waals surface area contributed by atoms with Gasteiger partial charge in [0.05, 0.1) is 12.3 Å². The number of anilines is 3. The van der Waals surface area contributed by atoms with Crippen molar-refractivity contribution in [1.29, 1.82) is 5.26 Å². The minimum absolute atomic E-state index is 0.161. The highest BCUT2D eigenvalue weighted by molar-refractivity contribution is 7.18. The zero-order valence-electron chi connectivity index (χ0n) is 10.8. The first-order chi connectivity index (χ1) is 9.67. The number of ether oxygens (including phenoxy) is 1. The summed E-state index contributed by atoms with van der Waals surface area (Å²) in [5.74, 6) is -0.507. The number of nitrogen functional groups attached to an aromatic ring is 1. The molecule has 6 heteroatoms. The Morgan fingerprint density at radius 3 is 2.75 bits per heavy atom. The number of nitrogens with one attached hydrogen (secondary N) is 1. The Kier molecular flexibility index (Phi) is 4.23. The van der Waals surface area contributed by atoms with Gasteiger partial charge in [-0.25, -0.2) is 4.79 Å². The lowest BCUT2D eigenvalue weighted by Crippen LogP contribution is -2.05. The first kappa shape index (κ1) is 13.9. The fourth-order valence-corrected chi connectivity index (χ4v) is 2.63. The van der Waals surface area contributed by atoms with Crippen LogP contribution in [0, 0.1) is 11.3 Å². The minimum atomic E-state index is -0.507. The average molecular weight is 287 g/mol. The standard InChI is InChI=1S/C14H13N3O2S/c1-2-19-14(18)12-11(16)10(8-15)13(20-12)17-9-6-4-3-5-7-9/h3-7,17H,2,16H2,1H3. The topological polar surface area (TPSA) is 88.1 Å². The summed E-state index contributed by atoms with van der Waals surface area (Å²) in [6, 6.07) is 11.4. The molecule has 0 fully saturated rings. The third-order valence-electron chi connectivity index (χ3n) is 2.55. The smallest absolute Gasteiger partial charge is 0.350 e. The highest BCUT2D eigenvalue weighted by Gasteiger charge is 2.22. The van der Waals surface area contributed by atoms with E-state index in [0.29, 0.717) is 5.00 Å². The summed E-state index contributed by atoms with van der Waals surface area (Å²) < 4.78 is 4.93. The van der Waals surface area contributed by atoms with Gasteiger partial charge >= 0.3 is 5.97 Å². The van der Waals surface area contributed by atoms with Crippen molar-refractivity contribution in [3.8, 4) is 6.07 Å². The van der Waals surface area contributed by atoms with Gasteiger partial charge in [0.1, 0.15) is 21.5 Å². The van der Waals surface area contributed by atoms with Gasteiger partial charge in [0, 0.05) is 5.69 Å². The molecule has 0 aliphatic rings. The lowest BCUT2D eigenvalue weighted by molar-refractivity contribution is 0.0533. The van der Waals surface area contributed by atoms with E-state index in [1.54, 1.807) is 6.92 Å². The first-order valence-electron chi connectivity index (χ1n) is 5.99. The minimum Gasteiger partial charge on any atom is -0.462 e. The SMILES string of the molecule is CCOC(=O)c1sc(Nc2ccccc2)c(C#N)c1N. The van der Waals surface area contributed by atoms with E-state index >= 15 is 0 Å². The largest absolute Gasteiger partial charge is 0.462 e. The molecule has 0 aliphatic carbocycles. The normalized spacial score (nSPS) is 9.80. The molecule has 20 heavy (non-hydrogen) atoms. The molecule has 3 N–H and O–H groups in total. The molecule has 1 aromatic carbocycles. The monoisotopic (exact) mass is 287 g/mol. The zero-order valence-corrected chi connectivity index (χ0v) is 11.7. The van der Waals surface area contributed by atoms with E-state index in [0.717, 1.165) is 17.0 Å². The lowest BCUT2D eigenvalue weighted by atomic mass is 10.2. The van der Waals surface area contributed by atoms with Crippen LogP contribution < -0.4 is 11.1 Å². The van der Waals surface area contributed by atoms with Gasteiger partial charge in [-0.05, 0) is 19.1 Å². The van der Waals surface area contributed by atoms with Crippen LogP contribution >= 0.6 is 11.3 Å². The van der Waals surface area contributed by atoms with Crippen LogP contribution in [0.15, 0.2) is 30.3 Å². The van der Waals surface area contributed by atoms with Gasteiger partial charge in [0.2, 0.25) is 0 Å². The molecule has 1 aromatic heterocycles. The van der Waals surface area contributed by atoms with E-state index in [1.807, 2.05) is 36.4 Å². The number of benzene rings is 1. The molecule has 0 atom stereocenters. The number of thiophene rings is 1. The van der Waals surface area contributed by atoms with Crippen LogP contribution in [-0.4, -0.2) is 12.6 Å². The van der Waals surface area contributed by atoms with Crippen molar-refractivity contribution in [2.24, 2.45) is 0 Å². The predicted molar refractivity (Wildman–Crippen MR) is 79.1 cm³/mol.